The van der Waals surface area contributed by atoms with Gasteiger partial charge in [-0.3, -0.25) is 4.79 Å². The van der Waals surface area contributed by atoms with E-state index in [1.807, 2.05) is 6.92 Å². The number of pyridine rings is 1. The van der Waals surface area contributed by atoms with Gasteiger partial charge < -0.3 is 5.84 Å². The van der Waals surface area contributed by atoms with E-state index >= 15 is 0 Å². The van der Waals surface area contributed by atoms with Crippen LogP contribution in [0.25, 0.3) is 0 Å². The molecule has 1 aromatic heterocycles. The van der Waals surface area contributed by atoms with E-state index in [9.17, 15) is 4.79 Å². The third kappa shape index (κ3) is 1.18. The van der Waals surface area contributed by atoms with Crippen molar-refractivity contribution in [3.8, 4) is 0 Å². The van der Waals surface area contributed by atoms with Gasteiger partial charge in [0.15, 0.2) is 0 Å². The van der Waals surface area contributed by atoms with Crippen LogP contribution in [0.15, 0.2) is 23.1 Å². The predicted molar refractivity (Wildman–Crippen MR) is 40.2 cm³/mol. The Kier molecular flexibility index (Phi) is 1.76. The van der Waals surface area contributed by atoms with Gasteiger partial charge in [0, 0.05) is 12.3 Å². The highest BCUT2D eigenvalue weighted by atomic mass is 16.1. The number of hydrogen-bond donors (Lipinski definition) is 1. The normalized spacial score (nSPS) is 9.70. The number of aryl methyl sites for hydroxylation is 1. The molecule has 1 rings (SSSR count). The average Bonchev–Trinajstić information content (AvgIpc) is 1.95. The van der Waals surface area contributed by atoms with Crippen LogP contribution in [0.4, 0.5) is 0 Å². The zero-order valence-electron chi connectivity index (χ0n) is 5.87. The minimum absolute atomic E-state index is 0.169. The molecule has 0 aliphatic heterocycles. The molecule has 0 radical (unpaired) electrons. The van der Waals surface area contributed by atoms with Gasteiger partial charge in [0.2, 0.25) is 0 Å². The lowest BCUT2D eigenvalue weighted by Gasteiger charge is -1.98. The topological polar surface area (TPSA) is 48.0 Å². The molecule has 0 fully saturated rings. The standard InChI is InChI=1S/C7H10N2O/c1-2-6-3-4-7(10)9(8)5-6/h3-5H,2,8H2,1H3. The summed E-state index contributed by atoms with van der Waals surface area (Å²) in [6.45, 7) is 2.01. The highest BCUT2D eigenvalue weighted by Crippen LogP contribution is 1.92. The van der Waals surface area contributed by atoms with Crippen molar-refractivity contribution in [2.75, 3.05) is 5.84 Å². The van der Waals surface area contributed by atoms with Gasteiger partial charge in [-0.1, -0.05) is 13.0 Å². The smallest absolute Gasteiger partial charge is 0.268 e. The Morgan fingerprint density at radius 1 is 1.60 bits per heavy atom. The third-order valence-corrected chi connectivity index (χ3v) is 1.41. The molecule has 0 bridgehead atoms. The first-order valence-corrected chi connectivity index (χ1v) is 3.20. The van der Waals surface area contributed by atoms with Crippen LogP contribution in [0, 0.1) is 0 Å². The average molecular weight is 138 g/mol. The molecule has 54 valence electrons. The maximum atomic E-state index is 10.7. The van der Waals surface area contributed by atoms with Crippen LogP contribution in [0.2, 0.25) is 0 Å². The fourth-order valence-electron chi connectivity index (χ4n) is 0.759. The first-order valence-electron chi connectivity index (χ1n) is 3.20. The Bertz CT molecular complexity index is 277. The van der Waals surface area contributed by atoms with Crippen molar-refractivity contribution in [3.05, 3.63) is 34.2 Å². The Balaban J connectivity index is 3.17. The second kappa shape index (κ2) is 2.56. The molecule has 0 atom stereocenters. The molecule has 0 aliphatic rings. The zero-order valence-corrected chi connectivity index (χ0v) is 5.87. The number of nitrogens with zero attached hydrogens (tertiary/aromatic N) is 1. The van der Waals surface area contributed by atoms with Crippen LogP contribution < -0.4 is 11.4 Å². The Morgan fingerprint density at radius 3 is 2.80 bits per heavy atom. The molecule has 0 spiro atoms. The van der Waals surface area contributed by atoms with Crippen molar-refractivity contribution < 1.29 is 0 Å². The second-order valence-corrected chi connectivity index (χ2v) is 2.14. The predicted octanol–water partition coefficient (Wildman–Crippen LogP) is 0.124. The van der Waals surface area contributed by atoms with E-state index < -0.39 is 0 Å². The number of aromatic nitrogens is 1. The summed E-state index contributed by atoms with van der Waals surface area (Å²) < 4.78 is 1.10. The summed E-state index contributed by atoms with van der Waals surface area (Å²) in [5.41, 5.74) is 0.902. The van der Waals surface area contributed by atoms with Gasteiger partial charge in [0.25, 0.3) is 5.56 Å². The quantitative estimate of drug-likeness (QED) is 0.560. The van der Waals surface area contributed by atoms with Crippen molar-refractivity contribution in [2.45, 2.75) is 13.3 Å². The van der Waals surface area contributed by atoms with E-state index in [0.29, 0.717) is 0 Å². The van der Waals surface area contributed by atoms with Gasteiger partial charge in [-0.25, -0.2) is 4.68 Å². The Morgan fingerprint density at radius 2 is 2.30 bits per heavy atom. The van der Waals surface area contributed by atoms with E-state index in [2.05, 4.69) is 0 Å². The van der Waals surface area contributed by atoms with Crippen molar-refractivity contribution >= 4 is 0 Å². The lowest BCUT2D eigenvalue weighted by atomic mass is 10.2. The van der Waals surface area contributed by atoms with Crippen molar-refractivity contribution in [1.82, 2.24) is 4.68 Å². The molecule has 1 heterocycles. The summed E-state index contributed by atoms with van der Waals surface area (Å²) in [7, 11) is 0. The van der Waals surface area contributed by atoms with Crippen LogP contribution in [-0.2, 0) is 6.42 Å². The zero-order chi connectivity index (χ0) is 7.56. The van der Waals surface area contributed by atoms with Gasteiger partial charge in [-0.15, -0.1) is 0 Å². The first-order chi connectivity index (χ1) is 4.74. The van der Waals surface area contributed by atoms with Crippen LogP contribution in [0.5, 0.6) is 0 Å². The van der Waals surface area contributed by atoms with Crippen LogP contribution in [-0.4, -0.2) is 4.68 Å². The molecule has 0 amide bonds. The SMILES string of the molecule is CCc1ccc(=O)n(N)c1. The molecule has 3 nitrogen and oxygen atoms in total. The van der Waals surface area contributed by atoms with Gasteiger partial charge >= 0.3 is 0 Å². The molecule has 0 unspecified atom stereocenters. The maximum absolute atomic E-state index is 10.7. The minimum atomic E-state index is -0.169. The van der Waals surface area contributed by atoms with E-state index in [0.717, 1.165) is 16.7 Å². The number of hydrogen-bond acceptors (Lipinski definition) is 2. The Labute approximate surface area is 59.1 Å². The van der Waals surface area contributed by atoms with E-state index in [1.165, 1.54) is 6.07 Å². The molecule has 0 saturated carbocycles. The van der Waals surface area contributed by atoms with Crippen molar-refractivity contribution in [1.29, 1.82) is 0 Å². The molecule has 3 heteroatoms. The van der Waals surface area contributed by atoms with Crippen LogP contribution >= 0.6 is 0 Å². The first kappa shape index (κ1) is 6.86. The molecular weight excluding hydrogens is 128 g/mol. The van der Waals surface area contributed by atoms with Crippen LogP contribution in [0.3, 0.4) is 0 Å². The highest BCUT2D eigenvalue weighted by Gasteiger charge is 1.90. The Hall–Kier alpha value is -1.25. The molecular formula is C7H10N2O. The van der Waals surface area contributed by atoms with E-state index in [4.69, 9.17) is 5.84 Å². The molecule has 10 heavy (non-hydrogen) atoms. The number of nitrogen functional groups attached to an aromatic ring is 1. The molecule has 2 N–H and O–H groups in total. The van der Waals surface area contributed by atoms with Gasteiger partial charge in [0.1, 0.15) is 0 Å². The third-order valence-electron chi connectivity index (χ3n) is 1.41. The van der Waals surface area contributed by atoms with Crippen molar-refractivity contribution in [2.24, 2.45) is 0 Å². The van der Waals surface area contributed by atoms with Gasteiger partial charge in [-0.05, 0) is 12.0 Å². The molecule has 0 aliphatic carbocycles. The fourth-order valence-corrected chi connectivity index (χ4v) is 0.759. The summed E-state index contributed by atoms with van der Waals surface area (Å²) in [4.78, 5) is 10.7. The summed E-state index contributed by atoms with van der Waals surface area (Å²) in [5, 5.41) is 0. The molecule has 1 aromatic rings. The molecule has 0 saturated heterocycles. The second-order valence-electron chi connectivity index (χ2n) is 2.14. The monoisotopic (exact) mass is 138 g/mol. The maximum Gasteiger partial charge on any atom is 0.268 e. The lowest BCUT2D eigenvalue weighted by Crippen LogP contribution is -2.25. The van der Waals surface area contributed by atoms with E-state index in [1.54, 1.807) is 12.3 Å². The van der Waals surface area contributed by atoms with E-state index in [-0.39, 0.29) is 5.56 Å². The number of nitrogens with two attached hydrogens (primary N) is 1. The number of rotatable bonds is 1. The lowest BCUT2D eigenvalue weighted by molar-refractivity contribution is 0.908. The fraction of sp³-hybridized carbons (Fsp3) is 0.286. The highest BCUT2D eigenvalue weighted by molar-refractivity contribution is 5.09. The van der Waals surface area contributed by atoms with Gasteiger partial charge in [0.05, 0.1) is 0 Å². The van der Waals surface area contributed by atoms with Gasteiger partial charge in [-0.2, -0.15) is 0 Å². The van der Waals surface area contributed by atoms with Crippen LogP contribution in [0.1, 0.15) is 12.5 Å². The molecule has 0 aromatic carbocycles. The van der Waals surface area contributed by atoms with Crippen molar-refractivity contribution in [3.63, 3.8) is 0 Å². The minimum Gasteiger partial charge on any atom is -0.336 e. The summed E-state index contributed by atoms with van der Waals surface area (Å²) in [6.07, 6.45) is 2.54. The summed E-state index contributed by atoms with van der Waals surface area (Å²) in [6, 6.07) is 3.25. The largest absolute Gasteiger partial charge is 0.336 e. The summed E-state index contributed by atoms with van der Waals surface area (Å²) >= 11 is 0. The summed E-state index contributed by atoms with van der Waals surface area (Å²) in [5.74, 6) is 5.30.